The molecule has 102 valence electrons. The van der Waals surface area contributed by atoms with Crippen LogP contribution < -0.4 is 5.32 Å². The first kappa shape index (κ1) is 15.0. The first-order chi connectivity index (χ1) is 7.91. The summed E-state index contributed by atoms with van der Waals surface area (Å²) < 4.78 is 0. The minimum atomic E-state index is 0.598. The minimum absolute atomic E-state index is 0.598. The van der Waals surface area contributed by atoms with Gasteiger partial charge in [-0.25, -0.2) is 0 Å². The summed E-state index contributed by atoms with van der Waals surface area (Å²) in [4.78, 5) is 2.70. The number of rotatable bonds is 8. The Bertz CT molecular complexity index is 209. The van der Waals surface area contributed by atoms with Gasteiger partial charge in [0.25, 0.3) is 0 Å². The lowest BCUT2D eigenvalue weighted by Crippen LogP contribution is -2.46. The van der Waals surface area contributed by atoms with E-state index in [4.69, 9.17) is 0 Å². The highest BCUT2D eigenvalue weighted by Gasteiger charge is 2.29. The summed E-state index contributed by atoms with van der Waals surface area (Å²) in [6.07, 6.45) is 2.91. The Morgan fingerprint density at radius 3 is 2.06 bits per heavy atom. The van der Waals surface area contributed by atoms with E-state index in [9.17, 15) is 0 Å². The summed E-state index contributed by atoms with van der Waals surface area (Å²) in [5, 5.41) is 3.56. The van der Waals surface area contributed by atoms with E-state index in [1.54, 1.807) is 0 Å². The molecule has 2 atom stereocenters. The van der Waals surface area contributed by atoms with E-state index >= 15 is 0 Å². The van der Waals surface area contributed by atoms with E-state index in [0.717, 1.165) is 18.4 Å². The van der Waals surface area contributed by atoms with Crippen LogP contribution in [0.3, 0.4) is 0 Å². The molecule has 2 unspecified atom stereocenters. The summed E-state index contributed by atoms with van der Waals surface area (Å²) >= 11 is 0. The predicted molar refractivity (Wildman–Crippen MR) is 76.3 cm³/mol. The van der Waals surface area contributed by atoms with Crippen LogP contribution in [0.4, 0.5) is 0 Å². The van der Waals surface area contributed by atoms with Crippen LogP contribution in [-0.2, 0) is 0 Å². The molecular weight excluding hydrogens is 208 g/mol. The molecule has 2 nitrogen and oxygen atoms in total. The molecule has 0 spiro atoms. The third-order valence-corrected chi connectivity index (χ3v) is 4.02. The number of hydrogen-bond acceptors (Lipinski definition) is 2. The molecule has 1 saturated carbocycles. The highest BCUT2D eigenvalue weighted by molar-refractivity contribution is 4.84. The molecule has 0 amide bonds. The monoisotopic (exact) mass is 240 g/mol. The smallest absolute Gasteiger partial charge is 0.0107 e. The zero-order chi connectivity index (χ0) is 13.0. The molecule has 0 heterocycles. The molecule has 0 aromatic carbocycles. The van der Waals surface area contributed by atoms with Gasteiger partial charge in [-0.3, -0.25) is 4.90 Å². The molecule has 1 rings (SSSR count). The van der Waals surface area contributed by atoms with Crippen LogP contribution in [0.25, 0.3) is 0 Å². The van der Waals surface area contributed by atoms with Crippen molar-refractivity contribution in [2.45, 2.75) is 72.5 Å². The van der Waals surface area contributed by atoms with Gasteiger partial charge in [0, 0.05) is 24.7 Å². The van der Waals surface area contributed by atoms with Gasteiger partial charge in [0.05, 0.1) is 0 Å². The van der Waals surface area contributed by atoms with Crippen molar-refractivity contribution >= 4 is 0 Å². The average molecular weight is 240 g/mol. The Hall–Kier alpha value is -0.0800. The molecule has 1 N–H and O–H groups in total. The Labute approximate surface area is 108 Å². The molecule has 0 bridgehead atoms. The van der Waals surface area contributed by atoms with Crippen LogP contribution in [0.5, 0.6) is 0 Å². The van der Waals surface area contributed by atoms with Crippen molar-refractivity contribution < 1.29 is 0 Å². The summed E-state index contributed by atoms with van der Waals surface area (Å²) in [5.41, 5.74) is 0. The van der Waals surface area contributed by atoms with Crippen LogP contribution in [0.1, 0.15) is 54.4 Å². The highest BCUT2D eigenvalue weighted by atomic mass is 15.2. The van der Waals surface area contributed by atoms with Gasteiger partial charge in [0.1, 0.15) is 0 Å². The zero-order valence-electron chi connectivity index (χ0n) is 12.7. The van der Waals surface area contributed by atoms with Crippen molar-refractivity contribution in [3.63, 3.8) is 0 Å². The van der Waals surface area contributed by atoms with Gasteiger partial charge in [-0.15, -0.1) is 0 Å². The second kappa shape index (κ2) is 6.75. The molecule has 0 radical (unpaired) electrons. The van der Waals surface area contributed by atoms with Gasteiger partial charge in [-0.2, -0.15) is 0 Å². The van der Waals surface area contributed by atoms with Crippen molar-refractivity contribution in [2.24, 2.45) is 11.8 Å². The molecule has 1 aliphatic rings. The van der Waals surface area contributed by atoms with Crippen LogP contribution in [-0.4, -0.2) is 36.1 Å². The van der Waals surface area contributed by atoms with E-state index in [2.05, 4.69) is 51.8 Å². The van der Waals surface area contributed by atoms with Crippen LogP contribution in [0.2, 0.25) is 0 Å². The molecule has 1 fully saturated rings. The molecule has 17 heavy (non-hydrogen) atoms. The number of nitrogens with zero attached hydrogens (tertiary/aromatic N) is 1. The number of nitrogens with one attached hydrogen (secondary N) is 1. The van der Waals surface area contributed by atoms with Gasteiger partial charge in [-0.1, -0.05) is 20.8 Å². The predicted octanol–water partition coefficient (Wildman–Crippen LogP) is 3.13. The van der Waals surface area contributed by atoms with Crippen LogP contribution in [0.15, 0.2) is 0 Å². The maximum absolute atomic E-state index is 3.56. The largest absolute Gasteiger partial charge is 0.314 e. The molecule has 0 saturated heterocycles. The molecule has 2 heteroatoms. The van der Waals surface area contributed by atoms with E-state index in [0.29, 0.717) is 18.1 Å². The Balaban J connectivity index is 2.41. The number of hydrogen-bond donors (Lipinski definition) is 1. The van der Waals surface area contributed by atoms with Crippen molar-refractivity contribution in [3.05, 3.63) is 0 Å². The highest BCUT2D eigenvalue weighted by Crippen LogP contribution is 2.31. The van der Waals surface area contributed by atoms with Crippen molar-refractivity contribution in [3.8, 4) is 0 Å². The van der Waals surface area contributed by atoms with Gasteiger partial charge in [0.15, 0.2) is 0 Å². The molecular formula is C15H32N2. The van der Waals surface area contributed by atoms with Crippen LogP contribution in [0, 0.1) is 11.8 Å². The third kappa shape index (κ3) is 5.39. The van der Waals surface area contributed by atoms with Crippen molar-refractivity contribution in [1.29, 1.82) is 0 Å². The maximum Gasteiger partial charge on any atom is 0.0107 e. The summed E-state index contributed by atoms with van der Waals surface area (Å²) in [7, 11) is 0. The van der Waals surface area contributed by atoms with Gasteiger partial charge in [-0.05, 0) is 52.0 Å². The molecule has 0 aromatic heterocycles. The fourth-order valence-corrected chi connectivity index (χ4v) is 2.36. The normalized spacial score (nSPS) is 20.3. The van der Waals surface area contributed by atoms with Crippen molar-refractivity contribution in [2.75, 3.05) is 13.1 Å². The lowest BCUT2D eigenvalue weighted by molar-refractivity contribution is 0.116. The van der Waals surface area contributed by atoms with Crippen molar-refractivity contribution in [1.82, 2.24) is 10.2 Å². The molecule has 0 aromatic rings. The Morgan fingerprint density at radius 2 is 1.65 bits per heavy atom. The zero-order valence-corrected chi connectivity index (χ0v) is 12.7. The first-order valence-corrected chi connectivity index (χ1v) is 7.41. The minimum Gasteiger partial charge on any atom is -0.314 e. The lowest BCUT2D eigenvalue weighted by Gasteiger charge is -2.36. The summed E-state index contributed by atoms with van der Waals surface area (Å²) in [6, 6.07) is 1.95. The molecule has 1 aliphatic carbocycles. The van der Waals surface area contributed by atoms with E-state index in [1.807, 2.05) is 0 Å². The average Bonchev–Trinajstić information content (AvgIpc) is 3.04. The Morgan fingerprint density at radius 1 is 1.06 bits per heavy atom. The second-order valence-electron chi connectivity index (χ2n) is 6.51. The van der Waals surface area contributed by atoms with E-state index in [1.165, 1.54) is 19.4 Å². The standard InChI is InChI=1S/C15H32N2/c1-11(2)16-9-13(5)14(6)17(12(3)4)10-15-7-8-15/h11-16H,7-10H2,1-6H3. The lowest BCUT2D eigenvalue weighted by atomic mass is 10.00. The Kier molecular flexibility index (Phi) is 5.94. The summed E-state index contributed by atoms with van der Waals surface area (Å²) in [6.45, 7) is 16.3. The van der Waals surface area contributed by atoms with Gasteiger partial charge >= 0.3 is 0 Å². The fourth-order valence-electron chi connectivity index (χ4n) is 2.36. The third-order valence-electron chi connectivity index (χ3n) is 4.02. The van der Waals surface area contributed by atoms with E-state index in [-0.39, 0.29) is 0 Å². The summed E-state index contributed by atoms with van der Waals surface area (Å²) in [5.74, 6) is 1.71. The topological polar surface area (TPSA) is 15.3 Å². The first-order valence-electron chi connectivity index (χ1n) is 7.41. The second-order valence-corrected chi connectivity index (χ2v) is 6.51. The SMILES string of the molecule is CC(C)NCC(C)C(C)N(CC1CC1)C(C)C. The van der Waals surface area contributed by atoms with E-state index < -0.39 is 0 Å². The van der Waals surface area contributed by atoms with Crippen LogP contribution >= 0.6 is 0 Å². The van der Waals surface area contributed by atoms with Gasteiger partial charge in [0.2, 0.25) is 0 Å². The van der Waals surface area contributed by atoms with Gasteiger partial charge < -0.3 is 5.32 Å². The maximum atomic E-state index is 3.56. The molecule has 0 aliphatic heterocycles. The quantitative estimate of drug-likeness (QED) is 0.701. The fraction of sp³-hybridized carbons (Fsp3) is 1.00.